The van der Waals surface area contributed by atoms with Crippen molar-refractivity contribution in [1.29, 1.82) is 0 Å². The first-order valence-corrected chi connectivity index (χ1v) is 9.68. The molecule has 1 amide bonds. The molecule has 3 aliphatic heterocycles. The van der Waals surface area contributed by atoms with Crippen LogP contribution in [0.5, 0.6) is 0 Å². The van der Waals surface area contributed by atoms with Gasteiger partial charge in [-0.2, -0.15) is 13.2 Å². The van der Waals surface area contributed by atoms with Gasteiger partial charge in [-0.25, -0.2) is 4.79 Å². The molecular weight excluding hydrogens is 387 g/mol. The van der Waals surface area contributed by atoms with Crippen LogP contribution in [0, 0.1) is 0 Å². The Morgan fingerprint density at radius 3 is 2.62 bits per heavy atom. The van der Waals surface area contributed by atoms with Gasteiger partial charge in [0, 0.05) is 24.6 Å². The molecule has 4 rings (SSSR count). The number of ether oxygens (including phenoxy) is 1. The fourth-order valence-corrected chi connectivity index (χ4v) is 4.42. The van der Waals surface area contributed by atoms with Gasteiger partial charge in [-0.3, -0.25) is 9.69 Å². The van der Waals surface area contributed by atoms with Gasteiger partial charge in [-0.15, -0.1) is 0 Å². The molecule has 29 heavy (non-hydrogen) atoms. The van der Waals surface area contributed by atoms with E-state index in [1.54, 1.807) is 17.9 Å². The smallest absolute Gasteiger partial charge is 0.416 e. The van der Waals surface area contributed by atoms with E-state index < -0.39 is 23.3 Å². The van der Waals surface area contributed by atoms with Crippen LogP contribution in [0.3, 0.4) is 0 Å². The molecule has 2 fully saturated rings. The number of nitrogens with one attached hydrogen (secondary N) is 2. The molecule has 2 saturated heterocycles. The zero-order valence-electron chi connectivity index (χ0n) is 16.1. The first kappa shape index (κ1) is 19.9. The molecule has 1 unspecified atom stereocenters. The van der Waals surface area contributed by atoms with E-state index in [0.717, 1.165) is 11.0 Å². The van der Waals surface area contributed by atoms with Crippen molar-refractivity contribution in [2.45, 2.75) is 25.1 Å². The molecule has 3 aliphatic rings. The fourth-order valence-electron chi connectivity index (χ4n) is 4.42. The Hall–Kier alpha value is -2.39. The summed E-state index contributed by atoms with van der Waals surface area (Å²) < 4.78 is 44.5. The topological polar surface area (TPSA) is 63.1 Å². The van der Waals surface area contributed by atoms with Gasteiger partial charge < -0.3 is 15.0 Å². The summed E-state index contributed by atoms with van der Waals surface area (Å²) in [6.07, 6.45) is -3.82. The van der Waals surface area contributed by atoms with Gasteiger partial charge >= 0.3 is 12.1 Å². The summed E-state index contributed by atoms with van der Waals surface area (Å²) in [6.45, 7) is 4.51. The SMILES string of the molecule is CC1=C(C(=O)N2CC[NH+](c3cccc(C(F)(F)F)c3)CC2)C2(CCNC2)OC1=O. The Morgan fingerprint density at radius 2 is 2.00 bits per heavy atom. The van der Waals surface area contributed by atoms with E-state index in [9.17, 15) is 22.8 Å². The number of amides is 1. The number of esters is 1. The Bertz CT molecular complexity index is 867. The van der Waals surface area contributed by atoms with E-state index in [0.29, 0.717) is 62.5 Å². The zero-order chi connectivity index (χ0) is 20.8. The van der Waals surface area contributed by atoms with Gasteiger partial charge in [-0.1, -0.05) is 6.07 Å². The molecule has 1 aromatic rings. The molecule has 9 heteroatoms. The number of quaternary nitrogens is 1. The molecule has 3 heterocycles. The van der Waals surface area contributed by atoms with Crippen molar-refractivity contribution in [1.82, 2.24) is 10.2 Å². The predicted molar refractivity (Wildman–Crippen MR) is 97.4 cm³/mol. The van der Waals surface area contributed by atoms with E-state index in [1.165, 1.54) is 12.1 Å². The van der Waals surface area contributed by atoms with Gasteiger partial charge in [-0.05, 0) is 25.6 Å². The number of rotatable bonds is 2. The maximum absolute atomic E-state index is 13.2. The third kappa shape index (κ3) is 3.53. The zero-order valence-corrected chi connectivity index (χ0v) is 16.1. The molecule has 1 spiro atoms. The third-order valence-corrected chi connectivity index (χ3v) is 6.01. The third-order valence-electron chi connectivity index (χ3n) is 6.01. The van der Waals surface area contributed by atoms with E-state index in [2.05, 4.69) is 5.32 Å². The highest BCUT2D eigenvalue weighted by molar-refractivity contribution is 6.07. The second-order valence-corrected chi connectivity index (χ2v) is 7.78. The minimum Gasteiger partial charge on any atom is -0.449 e. The largest absolute Gasteiger partial charge is 0.449 e. The summed E-state index contributed by atoms with van der Waals surface area (Å²) in [5.74, 6) is -0.662. The van der Waals surface area contributed by atoms with Crippen molar-refractivity contribution in [3.8, 4) is 0 Å². The number of halogens is 3. The first-order valence-electron chi connectivity index (χ1n) is 9.68. The number of nitrogens with zero attached hydrogens (tertiary/aromatic N) is 1. The molecule has 2 N–H and O–H groups in total. The maximum Gasteiger partial charge on any atom is 0.416 e. The second kappa shape index (κ2) is 7.14. The summed E-state index contributed by atoms with van der Waals surface area (Å²) in [4.78, 5) is 27.9. The summed E-state index contributed by atoms with van der Waals surface area (Å²) in [5.41, 5.74) is -0.206. The van der Waals surface area contributed by atoms with Crippen LogP contribution in [0.4, 0.5) is 18.9 Å². The van der Waals surface area contributed by atoms with E-state index >= 15 is 0 Å². The molecule has 1 aromatic carbocycles. The van der Waals surface area contributed by atoms with E-state index in [4.69, 9.17) is 4.74 Å². The Labute approximate surface area is 166 Å². The highest BCUT2D eigenvalue weighted by Gasteiger charge is 2.52. The van der Waals surface area contributed by atoms with Gasteiger partial charge in [0.05, 0.1) is 37.3 Å². The minimum absolute atomic E-state index is 0.208. The molecule has 6 nitrogen and oxygen atoms in total. The highest BCUT2D eigenvalue weighted by atomic mass is 19.4. The average Bonchev–Trinajstić information content (AvgIpc) is 3.25. The normalized spacial score (nSPS) is 25.8. The van der Waals surface area contributed by atoms with E-state index in [-0.39, 0.29) is 5.91 Å². The molecule has 0 bridgehead atoms. The molecule has 1 atom stereocenters. The Kier molecular flexibility index (Phi) is 4.90. The minimum atomic E-state index is -4.38. The number of piperazine rings is 1. The predicted octanol–water partition coefficient (Wildman–Crippen LogP) is 0.669. The number of benzene rings is 1. The van der Waals surface area contributed by atoms with E-state index in [1.807, 2.05) is 0 Å². The number of carbonyl (C=O) groups excluding carboxylic acids is 2. The van der Waals surface area contributed by atoms with Crippen LogP contribution in [0.25, 0.3) is 0 Å². The lowest BCUT2D eigenvalue weighted by Crippen LogP contribution is -3.10. The summed E-state index contributed by atoms with van der Waals surface area (Å²) >= 11 is 0. The van der Waals surface area contributed by atoms with Gasteiger partial charge in [0.25, 0.3) is 5.91 Å². The van der Waals surface area contributed by atoms with Crippen LogP contribution in [-0.4, -0.2) is 61.6 Å². The molecule has 0 saturated carbocycles. The average molecular weight is 410 g/mol. The second-order valence-electron chi connectivity index (χ2n) is 7.78. The van der Waals surface area contributed by atoms with Gasteiger partial charge in [0.15, 0.2) is 5.60 Å². The monoisotopic (exact) mass is 410 g/mol. The molecule has 156 valence electrons. The first-order chi connectivity index (χ1) is 13.7. The van der Waals surface area contributed by atoms with Gasteiger partial charge in [0.1, 0.15) is 5.69 Å². The molecule has 0 aromatic heterocycles. The van der Waals surface area contributed by atoms with Crippen molar-refractivity contribution >= 4 is 17.6 Å². The number of hydrogen-bond donors (Lipinski definition) is 2. The van der Waals surface area contributed by atoms with Gasteiger partial charge in [0.2, 0.25) is 0 Å². The van der Waals surface area contributed by atoms with Crippen LogP contribution in [0.15, 0.2) is 35.4 Å². The number of carbonyl (C=O) groups is 2. The lowest BCUT2D eigenvalue weighted by Gasteiger charge is -2.34. The number of hydrogen-bond acceptors (Lipinski definition) is 4. The van der Waals surface area contributed by atoms with Crippen LogP contribution in [-0.2, 0) is 20.5 Å². The van der Waals surface area contributed by atoms with Crippen LogP contribution in [0.2, 0.25) is 0 Å². The van der Waals surface area contributed by atoms with Crippen LogP contribution >= 0.6 is 0 Å². The van der Waals surface area contributed by atoms with Crippen molar-refractivity contribution in [3.63, 3.8) is 0 Å². The Morgan fingerprint density at radius 1 is 1.28 bits per heavy atom. The summed E-state index contributed by atoms with van der Waals surface area (Å²) in [5, 5.41) is 3.15. The fraction of sp³-hybridized carbons (Fsp3) is 0.500. The lowest BCUT2D eigenvalue weighted by atomic mass is 9.90. The summed E-state index contributed by atoms with van der Waals surface area (Å²) in [6, 6.07) is 5.32. The molecule has 0 aliphatic carbocycles. The van der Waals surface area contributed by atoms with Crippen molar-refractivity contribution in [2.24, 2.45) is 0 Å². The maximum atomic E-state index is 13.2. The standard InChI is InChI=1S/C20H22F3N3O3/c1-13-16(19(29-18(13)28)5-6-24-12-19)17(27)26-9-7-25(8-10-26)15-4-2-3-14(11-15)20(21,22)23/h2-4,11,24H,5-10,12H2,1H3/p+1. The molecular formula is C20H23F3N3O3+. The Balaban J connectivity index is 1.47. The molecule has 0 radical (unpaired) electrons. The van der Waals surface area contributed by atoms with Crippen molar-refractivity contribution in [3.05, 3.63) is 41.0 Å². The quantitative estimate of drug-likeness (QED) is 0.704. The lowest BCUT2D eigenvalue weighted by molar-refractivity contribution is -0.837. The van der Waals surface area contributed by atoms with Crippen molar-refractivity contribution in [2.75, 3.05) is 39.3 Å². The highest BCUT2D eigenvalue weighted by Crippen LogP contribution is 2.38. The van der Waals surface area contributed by atoms with Crippen molar-refractivity contribution < 1.29 is 32.4 Å². The summed E-state index contributed by atoms with van der Waals surface area (Å²) in [7, 11) is 0. The van der Waals surface area contributed by atoms with Crippen LogP contribution in [0.1, 0.15) is 18.9 Å². The number of alkyl halides is 3. The van der Waals surface area contributed by atoms with Crippen LogP contribution < -0.4 is 10.2 Å².